The van der Waals surface area contributed by atoms with E-state index >= 15 is 0 Å². The number of carboxylic acids is 1. The zero-order valence-corrected chi connectivity index (χ0v) is 9.98. The average Bonchev–Trinajstić information content (AvgIpc) is 2.15. The summed E-state index contributed by atoms with van der Waals surface area (Å²) in [5.74, 6) is -0.814. The van der Waals surface area contributed by atoms with Gasteiger partial charge in [-0.25, -0.2) is 4.79 Å². The highest BCUT2D eigenvalue weighted by Gasteiger charge is 2.12. The van der Waals surface area contributed by atoms with Crippen molar-refractivity contribution in [3.63, 3.8) is 0 Å². The largest absolute Gasteiger partial charge is 0.478 e. The summed E-state index contributed by atoms with van der Waals surface area (Å²) in [6.45, 7) is 3.60. The first-order valence-electron chi connectivity index (χ1n) is 4.58. The Bertz CT molecular complexity index is 249. The Labute approximate surface area is 94.9 Å². The molecule has 1 N–H and O–H groups in total. The molecule has 0 aromatic rings. The van der Waals surface area contributed by atoms with Crippen LogP contribution in [0, 0.1) is 0 Å². The van der Waals surface area contributed by atoms with E-state index in [0.29, 0.717) is 12.1 Å². The molecule has 3 nitrogen and oxygen atoms in total. The lowest BCUT2D eigenvalue weighted by Gasteiger charge is -2.22. The zero-order chi connectivity index (χ0) is 9.68. The van der Waals surface area contributed by atoms with Crippen molar-refractivity contribution in [3.8, 4) is 0 Å². The molecule has 0 atom stereocenters. The van der Waals surface area contributed by atoms with Crippen molar-refractivity contribution < 1.29 is 9.90 Å². The third kappa shape index (κ3) is 3.96. The fraction of sp³-hybridized carbons (Fsp3) is 0.500. The van der Waals surface area contributed by atoms with Gasteiger partial charge in [-0.2, -0.15) is 0 Å². The number of nitrogens with zero attached hydrogens (tertiary/aromatic N) is 1. The van der Waals surface area contributed by atoms with Gasteiger partial charge in [-0.05, 0) is 24.8 Å². The molecule has 80 valence electrons. The maximum Gasteiger partial charge on any atom is 0.333 e. The van der Waals surface area contributed by atoms with Crippen LogP contribution in [0.15, 0.2) is 23.9 Å². The summed E-state index contributed by atoms with van der Waals surface area (Å²) in [6.07, 6.45) is 7.64. The molecule has 0 aliphatic carbocycles. The molecule has 0 amide bonds. The Hall–Kier alpha value is -0.770. The molecule has 1 heterocycles. The maximum absolute atomic E-state index is 10.6. The van der Waals surface area contributed by atoms with Gasteiger partial charge in [0.25, 0.3) is 0 Å². The lowest BCUT2D eigenvalue weighted by Crippen LogP contribution is -2.26. The summed E-state index contributed by atoms with van der Waals surface area (Å²) in [5.41, 5.74) is 0.471. The second-order valence-corrected chi connectivity index (χ2v) is 3.16. The number of unbranched alkanes of at least 4 members (excludes halogenated alkanes) is 1. The summed E-state index contributed by atoms with van der Waals surface area (Å²) in [6, 6.07) is 0. The van der Waals surface area contributed by atoms with Crippen LogP contribution in [0.4, 0.5) is 0 Å². The molecule has 0 unspecified atom stereocenters. The molecule has 0 fully saturated rings. The van der Waals surface area contributed by atoms with Gasteiger partial charge in [-0.3, -0.25) is 0 Å². The van der Waals surface area contributed by atoms with Crippen molar-refractivity contribution in [3.05, 3.63) is 23.9 Å². The molecule has 4 heteroatoms. The highest BCUT2D eigenvalue weighted by molar-refractivity contribution is 8.93. The molecule has 0 bridgehead atoms. The molecule has 0 saturated heterocycles. The van der Waals surface area contributed by atoms with Crippen LogP contribution in [0.2, 0.25) is 0 Å². The van der Waals surface area contributed by atoms with Crippen molar-refractivity contribution in [1.82, 2.24) is 4.90 Å². The summed E-state index contributed by atoms with van der Waals surface area (Å²) in [5, 5.41) is 8.75. The SMILES string of the molecule is Br.CCCCN1C=CC=C(C(=O)O)C1. The van der Waals surface area contributed by atoms with E-state index in [0.717, 1.165) is 19.4 Å². The summed E-state index contributed by atoms with van der Waals surface area (Å²) in [7, 11) is 0. The van der Waals surface area contributed by atoms with Gasteiger partial charge in [0.15, 0.2) is 0 Å². The molecule has 0 aromatic carbocycles. The standard InChI is InChI=1S/C10H15NO2.BrH/c1-2-3-6-11-7-4-5-9(8-11)10(12)13;/h4-5,7H,2-3,6,8H2,1H3,(H,12,13);1H. The number of hydrogen-bond acceptors (Lipinski definition) is 2. The van der Waals surface area contributed by atoms with Crippen LogP contribution in [0.5, 0.6) is 0 Å². The number of carbonyl (C=O) groups is 1. The monoisotopic (exact) mass is 261 g/mol. The van der Waals surface area contributed by atoms with Crippen LogP contribution in [-0.2, 0) is 4.79 Å². The summed E-state index contributed by atoms with van der Waals surface area (Å²) >= 11 is 0. The Morgan fingerprint density at radius 3 is 2.93 bits per heavy atom. The number of carboxylic acid groups (broad SMARTS) is 1. The van der Waals surface area contributed by atoms with E-state index in [1.54, 1.807) is 12.2 Å². The summed E-state index contributed by atoms with van der Waals surface area (Å²) in [4.78, 5) is 12.7. The van der Waals surface area contributed by atoms with Crippen molar-refractivity contribution in [1.29, 1.82) is 0 Å². The van der Waals surface area contributed by atoms with E-state index in [1.807, 2.05) is 11.1 Å². The molecule has 0 spiro atoms. The fourth-order valence-electron chi connectivity index (χ4n) is 1.26. The molecule has 0 radical (unpaired) electrons. The second kappa shape index (κ2) is 6.65. The Morgan fingerprint density at radius 2 is 2.36 bits per heavy atom. The van der Waals surface area contributed by atoms with Gasteiger partial charge in [0, 0.05) is 13.1 Å². The third-order valence-electron chi connectivity index (χ3n) is 2.04. The van der Waals surface area contributed by atoms with E-state index in [-0.39, 0.29) is 17.0 Å². The first-order chi connectivity index (χ1) is 6.24. The normalized spacial score (nSPS) is 14.6. The van der Waals surface area contributed by atoms with E-state index in [1.165, 1.54) is 0 Å². The number of hydrogen-bond donors (Lipinski definition) is 1. The summed E-state index contributed by atoms with van der Waals surface area (Å²) < 4.78 is 0. The number of aliphatic carboxylic acids is 1. The first kappa shape index (κ1) is 13.2. The molecule has 1 aliphatic heterocycles. The number of halogens is 1. The molecule has 14 heavy (non-hydrogen) atoms. The average molecular weight is 262 g/mol. The Morgan fingerprint density at radius 1 is 1.64 bits per heavy atom. The predicted octanol–water partition coefficient (Wildman–Crippen LogP) is 2.20. The fourth-order valence-corrected chi connectivity index (χ4v) is 1.26. The smallest absolute Gasteiger partial charge is 0.333 e. The quantitative estimate of drug-likeness (QED) is 0.844. The van der Waals surface area contributed by atoms with Gasteiger partial charge >= 0.3 is 5.97 Å². The molecule has 0 aromatic heterocycles. The van der Waals surface area contributed by atoms with Gasteiger partial charge in [0.05, 0.1) is 5.57 Å². The van der Waals surface area contributed by atoms with Gasteiger partial charge in [-0.15, -0.1) is 17.0 Å². The highest BCUT2D eigenvalue weighted by Crippen LogP contribution is 2.08. The van der Waals surface area contributed by atoms with Crippen LogP contribution < -0.4 is 0 Å². The molecular formula is C10H16BrNO2. The lowest BCUT2D eigenvalue weighted by molar-refractivity contribution is -0.132. The van der Waals surface area contributed by atoms with Gasteiger partial charge in [0.2, 0.25) is 0 Å². The lowest BCUT2D eigenvalue weighted by atomic mass is 10.2. The van der Waals surface area contributed by atoms with Crippen LogP contribution in [0.3, 0.4) is 0 Å². The van der Waals surface area contributed by atoms with Crippen LogP contribution in [0.25, 0.3) is 0 Å². The third-order valence-corrected chi connectivity index (χ3v) is 2.04. The van der Waals surface area contributed by atoms with Crippen molar-refractivity contribution in [2.75, 3.05) is 13.1 Å². The minimum absolute atomic E-state index is 0. The minimum Gasteiger partial charge on any atom is -0.478 e. The van der Waals surface area contributed by atoms with Crippen molar-refractivity contribution in [2.45, 2.75) is 19.8 Å². The van der Waals surface area contributed by atoms with Gasteiger partial charge in [-0.1, -0.05) is 13.3 Å². The minimum atomic E-state index is -0.814. The molecular weight excluding hydrogens is 246 g/mol. The van der Waals surface area contributed by atoms with Crippen molar-refractivity contribution in [2.24, 2.45) is 0 Å². The Balaban J connectivity index is 0.00000169. The van der Waals surface area contributed by atoms with Crippen LogP contribution in [-0.4, -0.2) is 29.1 Å². The van der Waals surface area contributed by atoms with E-state index < -0.39 is 5.97 Å². The molecule has 0 saturated carbocycles. The topological polar surface area (TPSA) is 40.5 Å². The van der Waals surface area contributed by atoms with E-state index in [9.17, 15) is 4.79 Å². The zero-order valence-electron chi connectivity index (χ0n) is 8.27. The van der Waals surface area contributed by atoms with E-state index in [4.69, 9.17) is 5.11 Å². The van der Waals surface area contributed by atoms with Crippen molar-refractivity contribution >= 4 is 23.0 Å². The maximum atomic E-state index is 10.6. The Kier molecular flexibility index (Phi) is 6.28. The number of rotatable bonds is 4. The number of allylic oxidation sites excluding steroid dienone is 2. The molecule has 1 rings (SSSR count). The van der Waals surface area contributed by atoms with Crippen LogP contribution >= 0.6 is 17.0 Å². The van der Waals surface area contributed by atoms with Crippen LogP contribution in [0.1, 0.15) is 19.8 Å². The highest BCUT2D eigenvalue weighted by atomic mass is 79.9. The second-order valence-electron chi connectivity index (χ2n) is 3.16. The molecule has 1 aliphatic rings. The van der Waals surface area contributed by atoms with Gasteiger partial charge < -0.3 is 10.0 Å². The van der Waals surface area contributed by atoms with Gasteiger partial charge in [0.1, 0.15) is 0 Å². The predicted molar refractivity (Wildman–Crippen MR) is 61.7 cm³/mol. The first-order valence-corrected chi connectivity index (χ1v) is 4.58. The van der Waals surface area contributed by atoms with E-state index in [2.05, 4.69) is 6.92 Å².